The number of para-hydroxylation sites is 1. The smallest absolute Gasteiger partial charge is 0.315 e. The Morgan fingerprint density at radius 2 is 2.14 bits per heavy atom. The summed E-state index contributed by atoms with van der Waals surface area (Å²) in [5.74, 6) is 1.81. The summed E-state index contributed by atoms with van der Waals surface area (Å²) in [6, 6.07) is 9.82. The van der Waals surface area contributed by atoms with E-state index in [1.165, 1.54) is 12.8 Å². The highest BCUT2D eigenvalue weighted by molar-refractivity contribution is 5.75. The average molecular weight is 396 g/mol. The van der Waals surface area contributed by atoms with Crippen molar-refractivity contribution in [2.24, 2.45) is 5.92 Å². The van der Waals surface area contributed by atoms with Gasteiger partial charge in [0.25, 0.3) is 0 Å². The van der Waals surface area contributed by atoms with Crippen molar-refractivity contribution in [3.8, 4) is 5.75 Å². The standard InChI is InChI=1S/C22H28N4O3/c1-14(17-13-29-20-5-3-2-4-16(17)20)24-22(27)25-18-9-11-28-21(18)19-8-10-23-26(19)12-15-6-7-15/h2-5,8,10,14-15,17-18,21H,6-7,9,11-13H2,1H3,(H2,24,25,27)/t14?,17?,18-,21-/m1/s1. The molecule has 1 aromatic heterocycles. The van der Waals surface area contributed by atoms with Gasteiger partial charge in [-0.3, -0.25) is 4.68 Å². The molecule has 2 aromatic rings. The maximum atomic E-state index is 12.7. The minimum absolute atomic E-state index is 0.0279. The number of amides is 2. The SMILES string of the molecule is CC(NC(=O)N[C@@H]1CCO[C@H]1c1ccnn1CC1CC1)C1COc2ccccc21. The molecule has 0 bridgehead atoms. The van der Waals surface area contributed by atoms with E-state index < -0.39 is 0 Å². The van der Waals surface area contributed by atoms with Gasteiger partial charge in [-0.2, -0.15) is 5.10 Å². The van der Waals surface area contributed by atoms with Gasteiger partial charge in [-0.1, -0.05) is 18.2 Å². The van der Waals surface area contributed by atoms with Crippen LogP contribution in [0.3, 0.4) is 0 Å². The molecular formula is C22H28N4O3. The molecule has 2 aliphatic heterocycles. The monoisotopic (exact) mass is 396 g/mol. The van der Waals surface area contributed by atoms with E-state index in [0.717, 1.165) is 35.9 Å². The molecule has 3 aliphatic rings. The molecule has 5 rings (SSSR count). The molecule has 4 atom stereocenters. The van der Waals surface area contributed by atoms with Crippen LogP contribution in [0.5, 0.6) is 5.75 Å². The van der Waals surface area contributed by atoms with Crippen LogP contribution in [0.25, 0.3) is 0 Å². The third-order valence-electron chi connectivity index (χ3n) is 6.28. The van der Waals surface area contributed by atoms with Crippen LogP contribution in [0.15, 0.2) is 36.5 Å². The Morgan fingerprint density at radius 3 is 3.00 bits per heavy atom. The fraction of sp³-hybridized carbons (Fsp3) is 0.545. The second-order valence-electron chi connectivity index (χ2n) is 8.43. The third-order valence-corrected chi connectivity index (χ3v) is 6.28. The lowest BCUT2D eigenvalue weighted by Crippen LogP contribution is -2.48. The Morgan fingerprint density at radius 1 is 1.28 bits per heavy atom. The van der Waals surface area contributed by atoms with Gasteiger partial charge in [0.15, 0.2) is 0 Å². The molecule has 29 heavy (non-hydrogen) atoms. The largest absolute Gasteiger partial charge is 0.493 e. The number of urea groups is 1. The normalized spacial score (nSPS) is 26.6. The van der Waals surface area contributed by atoms with Gasteiger partial charge >= 0.3 is 6.03 Å². The van der Waals surface area contributed by atoms with Crippen LogP contribution in [-0.4, -0.2) is 41.1 Å². The minimum Gasteiger partial charge on any atom is -0.493 e. The van der Waals surface area contributed by atoms with Crippen LogP contribution >= 0.6 is 0 Å². The molecule has 2 fully saturated rings. The summed E-state index contributed by atoms with van der Waals surface area (Å²) >= 11 is 0. The number of fused-ring (bicyclic) bond motifs is 1. The Hall–Kier alpha value is -2.54. The lowest BCUT2D eigenvalue weighted by atomic mass is 9.94. The minimum atomic E-state index is -0.157. The molecule has 1 aliphatic carbocycles. The van der Waals surface area contributed by atoms with E-state index in [2.05, 4.69) is 26.5 Å². The van der Waals surface area contributed by atoms with Crippen LogP contribution in [0.1, 0.15) is 49.5 Å². The van der Waals surface area contributed by atoms with E-state index in [-0.39, 0.29) is 30.1 Å². The highest BCUT2D eigenvalue weighted by Crippen LogP contribution is 2.36. The van der Waals surface area contributed by atoms with Gasteiger partial charge in [0.2, 0.25) is 0 Å². The lowest BCUT2D eigenvalue weighted by Gasteiger charge is -2.24. The van der Waals surface area contributed by atoms with Crippen LogP contribution in [-0.2, 0) is 11.3 Å². The summed E-state index contributed by atoms with van der Waals surface area (Å²) in [7, 11) is 0. The van der Waals surface area contributed by atoms with Gasteiger partial charge in [-0.05, 0) is 44.2 Å². The summed E-state index contributed by atoms with van der Waals surface area (Å²) in [5.41, 5.74) is 2.22. The maximum absolute atomic E-state index is 12.7. The lowest BCUT2D eigenvalue weighted by molar-refractivity contribution is 0.0920. The second kappa shape index (κ2) is 7.71. The molecular weight excluding hydrogens is 368 g/mol. The van der Waals surface area contributed by atoms with Crippen molar-refractivity contribution >= 4 is 6.03 Å². The van der Waals surface area contributed by atoms with Crippen molar-refractivity contribution in [1.82, 2.24) is 20.4 Å². The molecule has 7 heteroatoms. The first kappa shape index (κ1) is 18.5. The summed E-state index contributed by atoms with van der Waals surface area (Å²) in [4.78, 5) is 12.7. The number of nitrogens with one attached hydrogen (secondary N) is 2. The van der Waals surface area contributed by atoms with Gasteiger partial charge in [-0.15, -0.1) is 0 Å². The van der Waals surface area contributed by atoms with Gasteiger partial charge in [0, 0.05) is 36.9 Å². The van der Waals surface area contributed by atoms with Crippen LogP contribution in [0.2, 0.25) is 0 Å². The quantitative estimate of drug-likeness (QED) is 0.787. The second-order valence-corrected chi connectivity index (χ2v) is 8.43. The summed E-state index contributed by atoms with van der Waals surface area (Å²) in [5, 5.41) is 10.7. The topological polar surface area (TPSA) is 77.4 Å². The Labute approximate surface area is 170 Å². The first-order valence-corrected chi connectivity index (χ1v) is 10.6. The number of ether oxygens (including phenoxy) is 2. The predicted octanol–water partition coefficient (Wildman–Crippen LogP) is 2.99. The van der Waals surface area contributed by atoms with Crippen LogP contribution in [0.4, 0.5) is 4.79 Å². The van der Waals surface area contributed by atoms with E-state index in [1.54, 1.807) is 0 Å². The van der Waals surface area contributed by atoms with Crippen LogP contribution in [0, 0.1) is 5.92 Å². The third kappa shape index (κ3) is 3.83. The van der Waals surface area contributed by atoms with Gasteiger partial charge < -0.3 is 20.1 Å². The molecule has 1 saturated carbocycles. The van der Waals surface area contributed by atoms with Crippen molar-refractivity contribution in [2.45, 2.75) is 56.8 Å². The van der Waals surface area contributed by atoms with Crippen molar-refractivity contribution in [1.29, 1.82) is 0 Å². The number of hydrogen-bond acceptors (Lipinski definition) is 4. The summed E-state index contributed by atoms with van der Waals surface area (Å²) in [6.07, 6.45) is 5.04. The van der Waals surface area contributed by atoms with E-state index in [1.807, 2.05) is 37.4 Å². The Bertz CT molecular complexity index is 878. The number of carbonyl (C=O) groups excluding carboxylic acids is 1. The Balaban J connectivity index is 1.21. The molecule has 1 aromatic carbocycles. The molecule has 0 spiro atoms. The molecule has 0 radical (unpaired) electrons. The van der Waals surface area contributed by atoms with Crippen molar-refractivity contribution < 1.29 is 14.3 Å². The van der Waals surface area contributed by atoms with Gasteiger partial charge in [0.1, 0.15) is 11.9 Å². The zero-order valence-corrected chi connectivity index (χ0v) is 16.7. The number of aromatic nitrogens is 2. The number of benzene rings is 1. The predicted molar refractivity (Wildman–Crippen MR) is 108 cm³/mol. The van der Waals surface area contributed by atoms with Crippen LogP contribution < -0.4 is 15.4 Å². The number of nitrogens with zero attached hydrogens (tertiary/aromatic N) is 2. The van der Waals surface area contributed by atoms with E-state index in [0.29, 0.717) is 13.2 Å². The first-order valence-electron chi connectivity index (χ1n) is 10.6. The first-order chi connectivity index (χ1) is 14.2. The fourth-order valence-corrected chi connectivity index (χ4v) is 4.43. The summed E-state index contributed by atoms with van der Waals surface area (Å²) < 4.78 is 13.8. The zero-order valence-electron chi connectivity index (χ0n) is 16.7. The van der Waals surface area contributed by atoms with Crippen molar-refractivity contribution in [3.63, 3.8) is 0 Å². The molecule has 154 valence electrons. The molecule has 3 heterocycles. The van der Waals surface area contributed by atoms with Crippen molar-refractivity contribution in [3.05, 3.63) is 47.8 Å². The molecule has 2 amide bonds. The maximum Gasteiger partial charge on any atom is 0.315 e. The molecule has 7 nitrogen and oxygen atoms in total. The van der Waals surface area contributed by atoms with Gasteiger partial charge in [-0.25, -0.2) is 4.79 Å². The number of rotatable bonds is 6. The molecule has 1 saturated heterocycles. The highest BCUT2D eigenvalue weighted by atomic mass is 16.5. The number of hydrogen-bond donors (Lipinski definition) is 2. The fourth-order valence-electron chi connectivity index (χ4n) is 4.43. The Kier molecular flexibility index (Phi) is 4.91. The van der Waals surface area contributed by atoms with E-state index in [9.17, 15) is 4.79 Å². The van der Waals surface area contributed by atoms with Gasteiger partial charge in [0.05, 0.1) is 18.3 Å². The number of carbonyl (C=O) groups is 1. The highest BCUT2D eigenvalue weighted by Gasteiger charge is 2.35. The van der Waals surface area contributed by atoms with E-state index >= 15 is 0 Å². The molecule has 2 N–H and O–H groups in total. The van der Waals surface area contributed by atoms with E-state index in [4.69, 9.17) is 9.47 Å². The summed E-state index contributed by atoms with van der Waals surface area (Å²) in [6.45, 7) is 4.21. The molecule has 2 unspecified atom stereocenters. The van der Waals surface area contributed by atoms with Crippen molar-refractivity contribution in [2.75, 3.05) is 13.2 Å². The average Bonchev–Trinajstić information content (AvgIpc) is 3.09. The zero-order chi connectivity index (χ0) is 19.8.